The van der Waals surface area contributed by atoms with E-state index >= 15 is 0 Å². The highest BCUT2D eigenvalue weighted by atomic mass is 32.2. The van der Waals surface area contributed by atoms with Crippen LogP contribution in [0.4, 0.5) is 15.3 Å². The minimum atomic E-state index is -4.21. The van der Waals surface area contributed by atoms with Gasteiger partial charge in [0, 0.05) is 6.54 Å². The summed E-state index contributed by atoms with van der Waals surface area (Å²) in [4.78, 5) is 23.6. The Labute approximate surface area is 230 Å². The van der Waals surface area contributed by atoms with E-state index in [1.165, 1.54) is 0 Å². The Hall–Kier alpha value is -3.36. The molecule has 0 unspecified atom stereocenters. The first-order valence-electron chi connectivity index (χ1n) is 11.9. The number of nitrogens with one attached hydrogen (secondary N) is 4. The van der Waals surface area contributed by atoms with E-state index in [0.29, 0.717) is 5.56 Å². The van der Waals surface area contributed by atoms with Crippen LogP contribution in [-0.4, -0.2) is 40.2 Å². The number of aryl methyl sites for hydroxylation is 2. The van der Waals surface area contributed by atoms with E-state index in [1.54, 1.807) is 88.2 Å². The highest BCUT2D eigenvalue weighted by Gasteiger charge is 2.22. The predicted octanol–water partition coefficient (Wildman–Crippen LogP) is 4.01. The summed E-state index contributed by atoms with van der Waals surface area (Å²) in [7, 11) is -8.35. The molecular formula is C25H36N4O8S2. The van der Waals surface area contributed by atoms with Crippen LogP contribution in [0.1, 0.15) is 58.2 Å². The van der Waals surface area contributed by atoms with Crippen molar-refractivity contribution in [3.8, 4) is 11.1 Å². The molecule has 0 aliphatic heterocycles. The van der Waals surface area contributed by atoms with Gasteiger partial charge in [-0.3, -0.25) is 4.72 Å². The molecule has 2 amide bonds. The predicted molar refractivity (Wildman–Crippen MR) is 148 cm³/mol. The highest BCUT2D eigenvalue weighted by molar-refractivity contribution is 7.91. The third-order valence-corrected chi connectivity index (χ3v) is 6.66. The zero-order valence-electron chi connectivity index (χ0n) is 23.3. The van der Waals surface area contributed by atoms with Crippen molar-refractivity contribution < 1.29 is 35.9 Å². The lowest BCUT2D eigenvalue weighted by molar-refractivity contribution is 0.0557. The molecule has 0 aliphatic rings. The molecule has 0 bridgehead atoms. The quantitative estimate of drug-likeness (QED) is 0.361. The number of carbonyl (C=O) groups is 2. The Morgan fingerprint density at radius 2 is 1.18 bits per heavy atom. The van der Waals surface area contributed by atoms with Crippen molar-refractivity contribution in [2.45, 2.75) is 73.1 Å². The van der Waals surface area contributed by atoms with E-state index in [1.807, 2.05) is 13.0 Å². The molecule has 14 heteroatoms. The molecule has 2 aromatic carbocycles. The van der Waals surface area contributed by atoms with Crippen molar-refractivity contribution in [1.82, 2.24) is 14.2 Å². The van der Waals surface area contributed by atoms with E-state index in [-0.39, 0.29) is 12.2 Å². The van der Waals surface area contributed by atoms with Gasteiger partial charge >= 0.3 is 32.6 Å². The maximum Gasteiger partial charge on any atom is 0.422 e. The Morgan fingerprint density at radius 1 is 0.718 bits per heavy atom. The fourth-order valence-electron chi connectivity index (χ4n) is 3.38. The summed E-state index contributed by atoms with van der Waals surface area (Å²) in [5, 5.41) is 0. The second-order valence-corrected chi connectivity index (χ2v) is 13.7. The Bertz CT molecular complexity index is 1440. The molecule has 0 fully saturated rings. The average Bonchev–Trinajstić information content (AvgIpc) is 2.69. The lowest BCUT2D eigenvalue weighted by Crippen LogP contribution is -2.42. The summed E-state index contributed by atoms with van der Waals surface area (Å²) in [6.45, 7) is 13.3. The number of carbonyl (C=O) groups excluding carboxylic acids is 2. The number of benzene rings is 2. The summed E-state index contributed by atoms with van der Waals surface area (Å²) < 4.78 is 67.1. The van der Waals surface area contributed by atoms with Gasteiger partial charge < -0.3 is 9.47 Å². The number of hydrogen-bond donors (Lipinski definition) is 4. The SMILES string of the molecule is Cc1cc(CNS(=O)(=O)NC(=O)OC(C)(C)C)ccc1-c1ccc(NS(=O)(=O)NC(=O)OC(C)(C)C)cc1C. The lowest BCUT2D eigenvalue weighted by Gasteiger charge is -2.20. The third kappa shape index (κ3) is 11.1. The van der Waals surface area contributed by atoms with Gasteiger partial charge in [0.05, 0.1) is 5.69 Å². The fraction of sp³-hybridized carbons (Fsp3) is 0.440. The van der Waals surface area contributed by atoms with E-state index in [0.717, 1.165) is 22.3 Å². The molecule has 0 saturated carbocycles. The number of ether oxygens (including phenoxy) is 2. The smallest absolute Gasteiger partial charge is 0.422 e. The van der Waals surface area contributed by atoms with Crippen molar-refractivity contribution in [2.24, 2.45) is 0 Å². The summed E-state index contributed by atoms with van der Waals surface area (Å²) in [6, 6.07) is 10.3. The molecule has 0 aliphatic carbocycles. The normalized spacial score (nSPS) is 12.4. The third-order valence-electron chi connectivity index (χ3n) is 4.76. The minimum Gasteiger partial charge on any atom is -0.443 e. The Balaban J connectivity index is 2.09. The number of anilines is 1. The van der Waals surface area contributed by atoms with Crippen LogP contribution in [0.2, 0.25) is 0 Å². The zero-order valence-corrected chi connectivity index (χ0v) is 24.9. The fourth-order valence-corrected chi connectivity index (χ4v) is 4.82. The molecule has 0 radical (unpaired) electrons. The van der Waals surface area contributed by atoms with Gasteiger partial charge in [0.2, 0.25) is 0 Å². The van der Waals surface area contributed by atoms with Crippen molar-refractivity contribution in [3.05, 3.63) is 53.1 Å². The second kappa shape index (κ2) is 11.8. The van der Waals surface area contributed by atoms with Gasteiger partial charge in [-0.15, -0.1) is 0 Å². The zero-order chi connectivity index (χ0) is 29.8. The maximum atomic E-state index is 12.3. The van der Waals surface area contributed by atoms with Crippen LogP contribution < -0.4 is 18.9 Å². The largest absolute Gasteiger partial charge is 0.443 e. The first-order valence-corrected chi connectivity index (χ1v) is 14.9. The Kier molecular flexibility index (Phi) is 9.64. The second-order valence-electron chi connectivity index (χ2n) is 10.8. The van der Waals surface area contributed by atoms with Crippen LogP contribution in [-0.2, 0) is 36.4 Å². The maximum absolute atomic E-state index is 12.3. The van der Waals surface area contributed by atoms with Crippen LogP contribution in [0.3, 0.4) is 0 Å². The average molecular weight is 585 g/mol. The topological polar surface area (TPSA) is 169 Å². The van der Waals surface area contributed by atoms with Gasteiger partial charge in [-0.05, 0) is 95.3 Å². The molecule has 0 spiro atoms. The molecule has 0 atom stereocenters. The molecule has 0 saturated heterocycles. The van der Waals surface area contributed by atoms with Crippen molar-refractivity contribution in [3.63, 3.8) is 0 Å². The molecule has 0 heterocycles. The van der Waals surface area contributed by atoms with Gasteiger partial charge in [-0.25, -0.2) is 19.0 Å². The monoisotopic (exact) mass is 584 g/mol. The van der Waals surface area contributed by atoms with Crippen molar-refractivity contribution in [2.75, 3.05) is 4.72 Å². The van der Waals surface area contributed by atoms with Gasteiger partial charge in [0.25, 0.3) is 0 Å². The molecule has 2 rings (SSSR count). The number of hydrogen-bond acceptors (Lipinski definition) is 8. The van der Waals surface area contributed by atoms with Gasteiger partial charge in [-0.1, -0.05) is 24.3 Å². The molecule has 2 aromatic rings. The van der Waals surface area contributed by atoms with E-state index in [4.69, 9.17) is 9.47 Å². The lowest BCUT2D eigenvalue weighted by atomic mass is 9.95. The standard InChI is InChI=1S/C25H36N4O8S2/c1-16-13-18(15-26-38(32,33)28-22(30)36-24(3,4)5)9-11-20(16)21-12-10-19(14-17(21)2)27-39(34,35)29-23(31)37-25(6,7)8/h9-14,26-27H,15H2,1-8H3,(H,28,30)(H,29,31). The molecule has 39 heavy (non-hydrogen) atoms. The van der Waals surface area contributed by atoms with Crippen LogP contribution in [0, 0.1) is 13.8 Å². The van der Waals surface area contributed by atoms with E-state index < -0.39 is 43.8 Å². The number of rotatable bonds is 8. The van der Waals surface area contributed by atoms with Crippen molar-refractivity contribution in [1.29, 1.82) is 0 Å². The first-order chi connectivity index (χ1) is 17.6. The van der Waals surface area contributed by atoms with E-state index in [2.05, 4.69) is 9.44 Å². The van der Waals surface area contributed by atoms with E-state index in [9.17, 15) is 26.4 Å². The van der Waals surface area contributed by atoms with Crippen LogP contribution in [0.25, 0.3) is 11.1 Å². The van der Waals surface area contributed by atoms with Gasteiger partial charge in [0.15, 0.2) is 0 Å². The van der Waals surface area contributed by atoms with Gasteiger partial charge in [-0.2, -0.15) is 21.6 Å². The summed E-state index contributed by atoms with van der Waals surface area (Å²) in [5.41, 5.74) is 2.48. The minimum absolute atomic E-state index is 0.0659. The molecular weight excluding hydrogens is 548 g/mol. The molecule has 12 nitrogen and oxygen atoms in total. The van der Waals surface area contributed by atoms with Crippen molar-refractivity contribution >= 4 is 38.3 Å². The van der Waals surface area contributed by atoms with Crippen LogP contribution in [0.15, 0.2) is 36.4 Å². The molecule has 0 aromatic heterocycles. The highest BCUT2D eigenvalue weighted by Crippen LogP contribution is 2.29. The van der Waals surface area contributed by atoms with Crippen LogP contribution in [0.5, 0.6) is 0 Å². The number of amides is 2. The summed E-state index contributed by atoms with van der Waals surface area (Å²) in [5.74, 6) is 0. The first kappa shape index (κ1) is 31.9. The molecule has 216 valence electrons. The summed E-state index contributed by atoms with van der Waals surface area (Å²) in [6.07, 6.45) is -2.18. The Morgan fingerprint density at radius 3 is 1.64 bits per heavy atom. The van der Waals surface area contributed by atoms with Gasteiger partial charge in [0.1, 0.15) is 11.2 Å². The van der Waals surface area contributed by atoms with Crippen LogP contribution >= 0.6 is 0 Å². The summed E-state index contributed by atoms with van der Waals surface area (Å²) >= 11 is 0. The molecule has 4 N–H and O–H groups in total.